The summed E-state index contributed by atoms with van der Waals surface area (Å²) in [7, 11) is 0. The molecule has 0 radical (unpaired) electrons. The molecular weight excluding hydrogens is 188 g/mol. The predicted molar refractivity (Wildman–Crippen MR) is 59.2 cm³/mol. The van der Waals surface area contributed by atoms with Crippen molar-refractivity contribution in [2.45, 2.75) is 25.4 Å². The Labute approximate surface area is 89.6 Å². The van der Waals surface area contributed by atoms with E-state index in [0.717, 1.165) is 18.4 Å². The third kappa shape index (κ3) is 2.94. The van der Waals surface area contributed by atoms with Gasteiger partial charge in [0, 0.05) is 6.42 Å². The highest BCUT2D eigenvalue weighted by Gasteiger charge is 2.17. The first-order valence-electron chi connectivity index (χ1n) is 5.27. The number of benzene rings is 1. The first-order chi connectivity index (χ1) is 7.34. The summed E-state index contributed by atoms with van der Waals surface area (Å²) in [5, 5.41) is 0. The van der Waals surface area contributed by atoms with E-state index in [9.17, 15) is 4.79 Å². The summed E-state index contributed by atoms with van der Waals surface area (Å²) in [6.07, 6.45) is 6.37. The van der Waals surface area contributed by atoms with Crippen molar-refractivity contribution in [1.29, 1.82) is 0 Å². The van der Waals surface area contributed by atoms with E-state index in [1.807, 2.05) is 42.5 Å². The van der Waals surface area contributed by atoms with Gasteiger partial charge in [0.15, 0.2) is 0 Å². The molecule has 0 bridgehead atoms. The van der Waals surface area contributed by atoms with Crippen molar-refractivity contribution in [2.24, 2.45) is 0 Å². The molecule has 1 atom stereocenters. The maximum atomic E-state index is 11.0. The molecular formula is C13H14O2. The van der Waals surface area contributed by atoms with Crippen molar-refractivity contribution in [3.63, 3.8) is 0 Å². The Morgan fingerprint density at radius 1 is 1.27 bits per heavy atom. The Bertz CT molecular complexity index is 354. The number of ether oxygens (including phenoxy) is 1. The monoisotopic (exact) mass is 202 g/mol. The maximum absolute atomic E-state index is 11.0. The van der Waals surface area contributed by atoms with Crippen LogP contribution in [0.15, 0.2) is 36.4 Å². The van der Waals surface area contributed by atoms with Crippen molar-refractivity contribution < 1.29 is 9.53 Å². The maximum Gasteiger partial charge on any atom is 0.306 e. The second-order valence-corrected chi connectivity index (χ2v) is 3.69. The smallest absolute Gasteiger partial charge is 0.306 e. The zero-order valence-electron chi connectivity index (χ0n) is 8.56. The van der Waals surface area contributed by atoms with E-state index >= 15 is 0 Å². The molecule has 0 aromatic heterocycles. The summed E-state index contributed by atoms with van der Waals surface area (Å²) in [4.78, 5) is 11.0. The lowest BCUT2D eigenvalue weighted by molar-refractivity contribution is -0.150. The van der Waals surface area contributed by atoms with Crippen molar-refractivity contribution >= 4 is 12.0 Å². The van der Waals surface area contributed by atoms with Crippen molar-refractivity contribution in [3.05, 3.63) is 42.0 Å². The first-order valence-corrected chi connectivity index (χ1v) is 5.27. The minimum atomic E-state index is -0.0797. The van der Waals surface area contributed by atoms with Gasteiger partial charge in [-0.1, -0.05) is 36.4 Å². The molecule has 0 spiro atoms. The van der Waals surface area contributed by atoms with Crippen LogP contribution in [-0.4, -0.2) is 12.1 Å². The van der Waals surface area contributed by atoms with Gasteiger partial charge < -0.3 is 4.74 Å². The molecule has 1 aromatic rings. The summed E-state index contributed by atoms with van der Waals surface area (Å²) >= 11 is 0. The van der Waals surface area contributed by atoms with Crippen LogP contribution in [0.25, 0.3) is 6.08 Å². The summed E-state index contributed by atoms with van der Waals surface area (Å²) < 4.78 is 5.18. The molecule has 0 saturated carbocycles. The van der Waals surface area contributed by atoms with Gasteiger partial charge in [0.05, 0.1) is 0 Å². The van der Waals surface area contributed by atoms with Crippen LogP contribution in [0.4, 0.5) is 0 Å². The fraction of sp³-hybridized carbons (Fsp3) is 0.308. The second-order valence-electron chi connectivity index (χ2n) is 3.69. The van der Waals surface area contributed by atoms with Gasteiger partial charge >= 0.3 is 5.97 Å². The van der Waals surface area contributed by atoms with Crippen molar-refractivity contribution in [2.75, 3.05) is 0 Å². The van der Waals surface area contributed by atoms with E-state index in [4.69, 9.17) is 4.74 Å². The van der Waals surface area contributed by atoms with E-state index < -0.39 is 0 Å². The first kappa shape index (κ1) is 9.97. The number of hydrogen-bond donors (Lipinski definition) is 0. The molecule has 78 valence electrons. The Morgan fingerprint density at radius 3 is 2.80 bits per heavy atom. The molecule has 0 amide bonds. The molecule has 2 heteroatoms. The molecule has 1 unspecified atom stereocenters. The molecule has 1 aromatic carbocycles. The Balaban J connectivity index is 1.96. The van der Waals surface area contributed by atoms with Crippen LogP contribution in [0.1, 0.15) is 24.8 Å². The van der Waals surface area contributed by atoms with Crippen LogP contribution in [-0.2, 0) is 9.53 Å². The number of carbonyl (C=O) groups excluding carboxylic acids is 1. The number of rotatable bonds is 2. The normalized spacial score (nSPS) is 21.6. The lowest BCUT2D eigenvalue weighted by Gasteiger charge is -2.18. The molecule has 0 N–H and O–H groups in total. The van der Waals surface area contributed by atoms with Gasteiger partial charge in [-0.2, -0.15) is 0 Å². The minimum Gasteiger partial charge on any atom is -0.458 e. The van der Waals surface area contributed by atoms with Crippen LogP contribution in [0, 0.1) is 0 Å². The molecule has 1 saturated heterocycles. The van der Waals surface area contributed by atoms with Crippen LogP contribution in [0.5, 0.6) is 0 Å². The largest absolute Gasteiger partial charge is 0.458 e. The van der Waals surface area contributed by atoms with E-state index in [0.29, 0.717) is 6.42 Å². The molecule has 15 heavy (non-hydrogen) atoms. The van der Waals surface area contributed by atoms with Gasteiger partial charge in [0.2, 0.25) is 0 Å². The average molecular weight is 202 g/mol. The highest BCUT2D eigenvalue weighted by atomic mass is 16.5. The van der Waals surface area contributed by atoms with E-state index in [-0.39, 0.29) is 12.1 Å². The number of hydrogen-bond acceptors (Lipinski definition) is 2. The van der Waals surface area contributed by atoms with Crippen LogP contribution >= 0.6 is 0 Å². The summed E-state index contributed by atoms with van der Waals surface area (Å²) in [5.74, 6) is -0.0797. The number of cyclic esters (lactones) is 1. The third-order valence-electron chi connectivity index (χ3n) is 2.46. The van der Waals surface area contributed by atoms with Crippen LogP contribution in [0.2, 0.25) is 0 Å². The number of carbonyl (C=O) groups is 1. The van der Waals surface area contributed by atoms with Gasteiger partial charge in [-0.3, -0.25) is 4.79 Å². The molecule has 2 rings (SSSR count). The van der Waals surface area contributed by atoms with Gasteiger partial charge in [-0.15, -0.1) is 0 Å². The Hall–Kier alpha value is -1.57. The lowest BCUT2D eigenvalue weighted by Crippen LogP contribution is -2.21. The Kier molecular flexibility index (Phi) is 3.18. The highest BCUT2D eigenvalue weighted by Crippen LogP contribution is 2.16. The van der Waals surface area contributed by atoms with Crippen molar-refractivity contribution in [1.82, 2.24) is 0 Å². The van der Waals surface area contributed by atoms with Gasteiger partial charge in [0.1, 0.15) is 6.10 Å². The van der Waals surface area contributed by atoms with Crippen LogP contribution in [0.3, 0.4) is 0 Å². The Morgan fingerprint density at radius 2 is 2.07 bits per heavy atom. The topological polar surface area (TPSA) is 26.3 Å². The second kappa shape index (κ2) is 4.78. The predicted octanol–water partition coefficient (Wildman–Crippen LogP) is 2.80. The van der Waals surface area contributed by atoms with Gasteiger partial charge in [-0.05, 0) is 24.5 Å². The molecule has 1 aliphatic rings. The summed E-state index contributed by atoms with van der Waals surface area (Å²) in [5.41, 5.74) is 1.14. The fourth-order valence-corrected chi connectivity index (χ4v) is 1.65. The molecule has 0 aliphatic carbocycles. The quantitative estimate of drug-likeness (QED) is 0.689. The SMILES string of the molecule is O=C1CCCC(C=Cc2ccccc2)O1. The van der Waals surface area contributed by atoms with E-state index in [1.165, 1.54) is 0 Å². The lowest BCUT2D eigenvalue weighted by atomic mass is 10.1. The standard InChI is InChI=1S/C13H14O2/c14-13-8-4-7-12(15-13)10-9-11-5-2-1-3-6-11/h1-3,5-6,9-10,12H,4,7-8H2. The van der Waals surface area contributed by atoms with Gasteiger partial charge in [-0.25, -0.2) is 0 Å². The van der Waals surface area contributed by atoms with Crippen LogP contribution < -0.4 is 0 Å². The third-order valence-corrected chi connectivity index (χ3v) is 2.46. The summed E-state index contributed by atoms with van der Waals surface area (Å²) in [6, 6.07) is 10.0. The minimum absolute atomic E-state index is 0.0357. The molecule has 1 fully saturated rings. The van der Waals surface area contributed by atoms with E-state index in [2.05, 4.69) is 0 Å². The summed E-state index contributed by atoms with van der Waals surface area (Å²) in [6.45, 7) is 0. The zero-order valence-corrected chi connectivity index (χ0v) is 8.56. The molecule has 1 heterocycles. The fourth-order valence-electron chi connectivity index (χ4n) is 1.65. The molecule has 1 aliphatic heterocycles. The van der Waals surface area contributed by atoms with E-state index in [1.54, 1.807) is 0 Å². The highest BCUT2D eigenvalue weighted by molar-refractivity contribution is 5.70. The molecule has 2 nitrogen and oxygen atoms in total. The zero-order chi connectivity index (χ0) is 10.5. The average Bonchev–Trinajstić information content (AvgIpc) is 2.28. The number of esters is 1. The van der Waals surface area contributed by atoms with Crippen molar-refractivity contribution in [3.8, 4) is 0 Å². The van der Waals surface area contributed by atoms with Gasteiger partial charge in [0.25, 0.3) is 0 Å².